The molecule has 0 atom stereocenters. The van der Waals surface area contributed by atoms with Gasteiger partial charge in [0.15, 0.2) is 0 Å². The Balaban J connectivity index is 0. The summed E-state index contributed by atoms with van der Waals surface area (Å²) in [6.45, 7) is 0. The zero-order chi connectivity index (χ0) is 10.4. The van der Waals surface area contributed by atoms with Crippen molar-refractivity contribution in [1.82, 2.24) is 4.98 Å². The van der Waals surface area contributed by atoms with Gasteiger partial charge in [-0.2, -0.15) is 0 Å². The average molecular weight is 299 g/mol. The van der Waals surface area contributed by atoms with E-state index in [2.05, 4.69) is 17.1 Å². The molecule has 2 aromatic rings. The summed E-state index contributed by atoms with van der Waals surface area (Å²) in [5, 5.41) is 1.20. The Morgan fingerprint density at radius 3 is 2.00 bits per heavy atom. The number of hydrogen-bond acceptors (Lipinski definition) is 4. The number of aromatic nitrogens is 1. The maximum atomic E-state index is 7.23. The van der Waals surface area contributed by atoms with Crippen molar-refractivity contribution < 1.29 is 31.7 Å². The van der Waals surface area contributed by atoms with E-state index in [0.717, 1.165) is 5.52 Å². The minimum Gasteiger partial charge on any atom is -0.256 e. The molecule has 0 unspecified atom stereocenters. The molecule has 0 spiro atoms. The first kappa shape index (κ1) is 18.8. The molecule has 0 amide bonds. The van der Waals surface area contributed by atoms with Crippen LogP contribution in [-0.4, -0.2) is 49.2 Å². The van der Waals surface area contributed by atoms with Crippen molar-refractivity contribution in [2.75, 3.05) is 0 Å². The topological polar surface area (TPSA) is 73.6 Å². The predicted molar refractivity (Wildman–Crippen MR) is 62.5 cm³/mol. The van der Waals surface area contributed by atoms with Gasteiger partial charge in [0.25, 0.3) is 0 Å². The van der Waals surface area contributed by atoms with Crippen molar-refractivity contribution >= 4 is 49.1 Å². The first-order chi connectivity index (χ1) is 6.70. The van der Waals surface area contributed by atoms with E-state index >= 15 is 0 Å². The monoisotopic (exact) mass is 298 g/mol. The van der Waals surface area contributed by atoms with Crippen LogP contribution in [0.1, 0.15) is 0 Å². The Kier molecular flexibility index (Phi) is 12.5. The van der Waals surface area contributed by atoms with Gasteiger partial charge < -0.3 is 14.7 Å². The van der Waals surface area contributed by atoms with Crippen molar-refractivity contribution in [3.8, 4) is 0 Å². The summed E-state index contributed by atoms with van der Waals surface area (Å²) in [6.07, 6.45) is 1.81. The normalized spacial score (nSPS) is 8.50. The molecule has 0 aliphatic carbocycles. The third-order valence-corrected chi connectivity index (χ3v) is 1.51. The second kappa shape index (κ2) is 10.6. The van der Waals surface area contributed by atoms with Crippen LogP contribution >= 0.6 is 8.60 Å². The standard InChI is InChI=1S/C9H7N.Cu.Na.H3O3P.H/c1-2-6-9-8(4-1)5-3-7-10-9;;;1-4(2)3;/h1-7H;;;1-3H;. The van der Waals surface area contributed by atoms with E-state index in [9.17, 15) is 0 Å². The molecule has 1 radical (unpaired) electrons. The molecule has 0 fully saturated rings. The Morgan fingerprint density at radius 1 is 0.938 bits per heavy atom. The summed E-state index contributed by atoms with van der Waals surface area (Å²) < 4.78 is 0. The molecular formula is C9H11CuNNaO3P. The van der Waals surface area contributed by atoms with Crippen molar-refractivity contribution in [1.29, 1.82) is 0 Å². The van der Waals surface area contributed by atoms with Gasteiger partial charge in [-0.05, 0) is 12.1 Å². The fourth-order valence-corrected chi connectivity index (χ4v) is 1.02. The third-order valence-electron chi connectivity index (χ3n) is 1.51. The fraction of sp³-hybridized carbons (Fsp3) is 0. The van der Waals surface area contributed by atoms with Gasteiger partial charge in [0.05, 0.1) is 5.52 Å². The van der Waals surface area contributed by atoms with Crippen LogP contribution in [0, 0.1) is 0 Å². The molecule has 0 saturated heterocycles. The number of rotatable bonds is 0. The van der Waals surface area contributed by atoms with Crippen LogP contribution in [0.25, 0.3) is 10.9 Å². The molecule has 87 valence electrons. The summed E-state index contributed by atoms with van der Waals surface area (Å²) in [4.78, 5) is 25.9. The van der Waals surface area contributed by atoms with Crippen LogP contribution in [0.2, 0.25) is 0 Å². The number of nitrogens with zero attached hydrogens (tertiary/aromatic N) is 1. The molecule has 16 heavy (non-hydrogen) atoms. The molecule has 1 aromatic heterocycles. The smallest absolute Gasteiger partial charge is 0.0701 e. The Hall–Kier alpha value is 0.459. The number of fused-ring (bicyclic) bond motifs is 1. The van der Waals surface area contributed by atoms with E-state index in [1.54, 1.807) is 0 Å². The molecule has 0 saturated carbocycles. The maximum Gasteiger partial charge on any atom is 0.0701 e. The van der Waals surface area contributed by atoms with Crippen LogP contribution in [0.3, 0.4) is 0 Å². The summed E-state index contributed by atoms with van der Waals surface area (Å²) in [6, 6.07) is 12.1. The summed E-state index contributed by atoms with van der Waals surface area (Å²) in [7, 11) is -2.62. The van der Waals surface area contributed by atoms with E-state index in [1.807, 2.05) is 30.5 Å². The molecule has 4 nitrogen and oxygen atoms in total. The predicted octanol–water partition coefficient (Wildman–Crippen LogP) is 0.774. The second-order valence-corrected chi connectivity index (χ2v) is 3.00. The molecule has 0 bridgehead atoms. The molecule has 2 rings (SSSR count). The van der Waals surface area contributed by atoms with Gasteiger partial charge in [-0.3, -0.25) is 4.98 Å². The van der Waals surface area contributed by atoms with Gasteiger partial charge in [-0.25, -0.2) is 0 Å². The third kappa shape index (κ3) is 7.69. The summed E-state index contributed by atoms with van der Waals surface area (Å²) in [5.74, 6) is 0. The van der Waals surface area contributed by atoms with Crippen LogP contribution < -0.4 is 0 Å². The first-order valence-corrected chi connectivity index (χ1v) is 5.06. The van der Waals surface area contributed by atoms with Crippen LogP contribution in [0.4, 0.5) is 0 Å². The van der Waals surface area contributed by atoms with Crippen molar-refractivity contribution in [3.05, 3.63) is 42.6 Å². The molecule has 7 heteroatoms. The number of para-hydroxylation sites is 1. The van der Waals surface area contributed by atoms with Crippen molar-refractivity contribution in [2.45, 2.75) is 0 Å². The maximum absolute atomic E-state index is 7.23. The molecule has 1 aromatic carbocycles. The quantitative estimate of drug-likeness (QED) is 0.496. The van der Waals surface area contributed by atoms with Gasteiger partial charge >= 0.3 is 38.2 Å². The number of hydrogen-bond donors (Lipinski definition) is 3. The minimum absolute atomic E-state index is 0. The Labute approximate surface area is 127 Å². The number of pyridine rings is 1. The zero-order valence-electron chi connectivity index (χ0n) is 7.58. The first-order valence-electron chi connectivity index (χ1n) is 3.86. The molecular weight excluding hydrogens is 288 g/mol. The SMILES string of the molecule is OP(O)O.[Cu].[NaH].c1ccc2ncccc2c1. The van der Waals surface area contributed by atoms with Crippen molar-refractivity contribution in [3.63, 3.8) is 0 Å². The van der Waals surface area contributed by atoms with Crippen molar-refractivity contribution in [2.24, 2.45) is 0 Å². The molecule has 1 heterocycles. The van der Waals surface area contributed by atoms with E-state index in [0.29, 0.717) is 0 Å². The van der Waals surface area contributed by atoms with Crippen LogP contribution in [0.5, 0.6) is 0 Å². The molecule has 0 aliphatic rings. The van der Waals surface area contributed by atoms with E-state index in [4.69, 9.17) is 14.7 Å². The number of benzene rings is 1. The summed E-state index contributed by atoms with van der Waals surface area (Å²) in [5.41, 5.74) is 1.06. The van der Waals surface area contributed by atoms with Crippen LogP contribution in [0.15, 0.2) is 42.6 Å². The van der Waals surface area contributed by atoms with Gasteiger partial charge in [0.2, 0.25) is 0 Å². The second-order valence-electron chi connectivity index (χ2n) is 2.46. The van der Waals surface area contributed by atoms with Crippen LogP contribution in [-0.2, 0) is 17.1 Å². The average Bonchev–Trinajstić information content (AvgIpc) is 2.17. The fourth-order valence-electron chi connectivity index (χ4n) is 1.02. The largest absolute Gasteiger partial charge is 0.256 e. The Bertz CT molecular complexity index is 337. The van der Waals surface area contributed by atoms with Gasteiger partial charge in [0, 0.05) is 28.7 Å². The molecule has 3 N–H and O–H groups in total. The zero-order valence-corrected chi connectivity index (χ0v) is 9.42. The molecule has 0 aliphatic heterocycles. The van der Waals surface area contributed by atoms with E-state index in [-0.39, 0.29) is 46.6 Å². The Morgan fingerprint density at radius 2 is 1.44 bits per heavy atom. The van der Waals surface area contributed by atoms with Gasteiger partial charge in [0.1, 0.15) is 0 Å². The summed E-state index contributed by atoms with van der Waals surface area (Å²) >= 11 is 0. The minimum atomic E-state index is -2.62. The van der Waals surface area contributed by atoms with E-state index in [1.165, 1.54) is 5.39 Å². The van der Waals surface area contributed by atoms with Gasteiger partial charge in [-0.15, -0.1) is 0 Å². The van der Waals surface area contributed by atoms with Gasteiger partial charge in [-0.1, -0.05) is 24.3 Å². The van der Waals surface area contributed by atoms with E-state index < -0.39 is 8.60 Å².